The Labute approximate surface area is 291 Å². The Morgan fingerprint density at radius 2 is 1.75 bits per heavy atom. The Kier molecular flexibility index (Phi) is 12.0. The first kappa shape index (κ1) is 38.1. The third-order valence-corrected chi connectivity index (χ3v) is 14.2. The molecule has 4 fully saturated rings. The van der Waals surface area contributed by atoms with E-state index in [-0.39, 0.29) is 30.7 Å². The number of carbonyl (C=O) groups is 1. The van der Waals surface area contributed by atoms with Crippen LogP contribution in [0.15, 0.2) is 11.6 Å². The van der Waals surface area contributed by atoms with Crippen LogP contribution in [0, 0.1) is 58.2 Å². The van der Waals surface area contributed by atoms with E-state index in [1.807, 2.05) is 6.92 Å². The number of aliphatic hydroxyl groups is 3. The van der Waals surface area contributed by atoms with Crippen molar-refractivity contribution in [2.24, 2.45) is 58.2 Å². The van der Waals surface area contributed by atoms with Gasteiger partial charge in [-0.15, -0.1) is 0 Å². The highest BCUT2D eigenvalue weighted by Crippen LogP contribution is 2.67. The highest BCUT2D eigenvalue weighted by molar-refractivity contribution is 5.67. The Bertz CT molecular complexity index is 1120. The maximum absolute atomic E-state index is 12.9. The van der Waals surface area contributed by atoms with Crippen LogP contribution in [0.1, 0.15) is 126 Å². The minimum Gasteiger partial charge on any atom is -0.446 e. The van der Waals surface area contributed by atoms with Crippen molar-refractivity contribution in [2.75, 3.05) is 19.8 Å². The van der Waals surface area contributed by atoms with Crippen LogP contribution in [-0.4, -0.2) is 71.4 Å². The van der Waals surface area contributed by atoms with Gasteiger partial charge in [-0.05, 0) is 111 Å². The fourth-order valence-corrected chi connectivity index (χ4v) is 11.2. The van der Waals surface area contributed by atoms with E-state index in [9.17, 15) is 20.1 Å². The number of alkyl carbamates (subject to hydrolysis) is 1. The Balaban J connectivity index is 1.09. The number of ether oxygens (including phenoxy) is 3. The van der Waals surface area contributed by atoms with Crippen molar-refractivity contribution in [3.05, 3.63) is 11.6 Å². The van der Waals surface area contributed by atoms with Gasteiger partial charge in [0.1, 0.15) is 12.2 Å². The number of rotatable bonds is 12. The fourth-order valence-electron chi connectivity index (χ4n) is 11.2. The van der Waals surface area contributed by atoms with Crippen LogP contribution in [0.2, 0.25) is 0 Å². The largest absolute Gasteiger partial charge is 0.446 e. The zero-order valence-electron chi connectivity index (χ0n) is 31.4. The predicted molar refractivity (Wildman–Crippen MR) is 188 cm³/mol. The maximum atomic E-state index is 12.9. The van der Waals surface area contributed by atoms with Gasteiger partial charge in [0.25, 0.3) is 0 Å². The Morgan fingerprint density at radius 3 is 2.46 bits per heavy atom. The molecule has 5 rings (SSSR count). The van der Waals surface area contributed by atoms with Crippen molar-refractivity contribution in [1.82, 2.24) is 5.32 Å². The van der Waals surface area contributed by atoms with E-state index >= 15 is 0 Å². The van der Waals surface area contributed by atoms with Crippen LogP contribution in [0.3, 0.4) is 0 Å². The molecule has 4 aliphatic carbocycles. The standard InChI is InChI=1S/C40H69NO7/c1-24(2)10-9-11-26(4)30-14-15-31-29-13-12-27-20-28(16-18-39(27,7)32(29)17-19-40(30,31)8)47-37(45)41-21-25(3)23-46-36-35(44)34(43)33(22-42)38(5,6)48-36/h12,24-26,28-36,42-44H,9-11,13-23H2,1-8H3,(H,41,45)/t25?,26?,28?,29?,30?,31?,32?,33-,34?,35?,36?,39-,40+/m0/s1. The lowest BCUT2D eigenvalue weighted by Gasteiger charge is -2.58. The number of hydrogen-bond donors (Lipinski definition) is 4. The normalized spacial score (nSPS) is 41.8. The highest BCUT2D eigenvalue weighted by atomic mass is 16.7. The van der Waals surface area contributed by atoms with Crippen molar-refractivity contribution >= 4 is 6.09 Å². The van der Waals surface area contributed by atoms with Crippen LogP contribution < -0.4 is 5.32 Å². The third-order valence-electron chi connectivity index (χ3n) is 14.2. The first-order chi connectivity index (χ1) is 22.6. The number of carbonyl (C=O) groups excluding carboxylic acids is 1. The number of fused-ring (bicyclic) bond motifs is 5. The molecule has 0 aromatic rings. The first-order valence-corrected chi connectivity index (χ1v) is 19.5. The van der Waals surface area contributed by atoms with Gasteiger partial charge < -0.3 is 34.8 Å². The van der Waals surface area contributed by atoms with Gasteiger partial charge in [0.2, 0.25) is 0 Å². The molecule has 1 amide bonds. The second-order valence-electron chi connectivity index (χ2n) is 18.2. The molecule has 8 heteroatoms. The van der Waals surface area contributed by atoms with Crippen LogP contribution >= 0.6 is 0 Å². The molecule has 0 aromatic heterocycles. The van der Waals surface area contributed by atoms with Crippen molar-refractivity contribution in [2.45, 2.75) is 156 Å². The summed E-state index contributed by atoms with van der Waals surface area (Å²) < 4.78 is 17.6. The average molecular weight is 676 g/mol. The van der Waals surface area contributed by atoms with E-state index in [1.165, 1.54) is 56.9 Å². The molecule has 5 aliphatic rings. The molecule has 0 spiro atoms. The van der Waals surface area contributed by atoms with E-state index in [4.69, 9.17) is 14.2 Å². The summed E-state index contributed by atoms with van der Waals surface area (Å²) in [4.78, 5) is 12.9. The maximum Gasteiger partial charge on any atom is 0.407 e. The van der Waals surface area contributed by atoms with Crippen molar-refractivity contribution < 1.29 is 34.3 Å². The molecule has 13 atom stereocenters. The molecule has 1 aliphatic heterocycles. The second kappa shape index (κ2) is 15.2. The van der Waals surface area contributed by atoms with Crippen molar-refractivity contribution in [3.63, 3.8) is 0 Å². The molecule has 10 unspecified atom stereocenters. The zero-order chi connectivity index (χ0) is 35.0. The molecule has 48 heavy (non-hydrogen) atoms. The Morgan fingerprint density at radius 1 is 1.00 bits per heavy atom. The SMILES string of the molecule is CC(C)CCCC(C)C1CCC2C3CC=C4CC(OC(=O)NCC(C)COC5OC(C)(C)[C@@H](CO)C(O)C5O)CC[C@]4(C)C3CC[C@]12C. The van der Waals surface area contributed by atoms with E-state index in [2.05, 4.69) is 46.0 Å². The molecule has 1 saturated heterocycles. The first-order valence-electron chi connectivity index (χ1n) is 19.5. The molecule has 0 radical (unpaired) electrons. The van der Waals surface area contributed by atoms with Crippen LogP contribution in [0.5, 0.6) is 0 Å². The molecule has 276 valence electrons. The molecule has 0 aromatic carbocycles. The summed E-state index contributed by atoms with van der Waals surface area (Å²) in [7, 11) is 0. The lowest BCUT2D eigenvalue weighted by Crippen LogP contribution is -2.60. The summed E-state index contributed by atoms with van der Waals surface area (Å²) in [6.07, 6.45) is 12.3. The second-order valence-corrected chi connectivity index (χ2v) is 18.2. The Hall–Kier alpha value is -1.19. The minimum absolute atomic E-state index is 0.0630. The molecule has 0 bridgehead atoms. The summed E-state index contributed by atoms with van der Waals surface area (Å²) in [5.41, 5.74) is 1.38. The summed E-state index contributed by atoms with van der Waals surface area (Å²) >= 11 is 0. The van der Waals surface area contributed by atoms with Gasteiger partial charge >= 0.3 is 6.09 Å². The molecule has 4 N–H and O–H groups in total. The number of allylic oxidation sites excluding steroid dienone is 1. The summed E-state index contributed by atoms with van der Waals surface area (Å²) in [5.74, 6) is 4.21. The average Bonchev–Trinajstić information content (AvgIpc) is 3.38. The predicted octanol–water partition coefficient (Wildman–Crippen LogP) is 7.24. The number of amides is 1. The molecule has 3 saturated carbocycles. The summed E-state index contributed by atoms with van der Waals surface area (Å²) in [5, 5.41) is 33.4. The van der Waals surface area contributed by atoms with Crippen molar-refractivity contribution in [3.8, 4) is 0 Å². The van der Waals surface area contributed by atoms with E-state index in [1.54, 1.807) is 13.8 Å². The topological polar surface area (TPSA) is 117 Å². The minimum atomic E-state index is -1.26. The number of nitrogens with one attached hydrogen (secondary N) is 1. The van der Waals surface area contributed by atoms with E-state index in [0.29, 0.717) is 12.0 Å². The smallest absolute Gasteiger partial charge is 0.407 e. The molecular weight excluding hydrogens is 606 g/mol. The van der Waals surface area contributed by atoms with Crippen LogP contribution in [0.4, 0.5) is 4.79 Å². The van der Waals surface area contributed by atoms with E-state index < -0.39 is 36.1 Å². The van der Waals surface area contributed by atoms with Gasteiger partial charge in [-0.25, -0.2) is 4.79 Å². The van der Waals surface area contributed by atoms with Gasteiger partial charge in [-0.3, -0.25) is 0 Å². The summed E-state index contributed by atoms with van der Waals surface area (Å²) in [6.45, 7) is 18.2. The van der Waals surface area contributed by atoms with Gasteiger partial charge in [-0.2, -0.15) is 0 Å². The molecule has 8 nitrogen and oxygen atoms in total. The number of aliphatic hydroxyl groups excluding tert-OH is 3. The highest BCUT2D eigenvalue weighted by Gasteiger charge is 2.59. The molecule has 1 heterocycles. The third kappa shape index (κ3) is 7.68. The van der Waals surface area contributed by atoms with Gasteiger partial charge in [-0.1, -0.05) is 72.5 Å². The van der Waals surface area contributed by atoms with Gasteiger partial charge in [0.15, 0.2) is 6.29 Å². The number of hydrogen-bond acceptors (Lipinski definition) is 7. The van der Waals surface area contributed by atoms with Gasteiger partial charge in [0.05, 0.1) is 24.9 Å². The molecular formula is C40H69NO7. The summed E-state index contributed by atoms with van der Waals surface area (Å²) in [6, 6.07) is 0. The monoisotopic (exact) mass is 676 g/mol. The quantitative estimate of drug-likeness (QED) is 0.161. The van der Waals surface area contributed by atoms with Crippen LogP contribution in [0.25, 0.3) is 0 Å². The van der Waals surface area contributed by atoms with Crippen LogP contribution in [-0.2, 0) is 14.2 Å². The van der Waals surface area contributed by atoms with Gasteiger partial charge in [0, 0.05) is 18.9 Å². The van der Waals surface area contributed by atoms with Crippen molar-refractivity contribution in [1.29, 1.82) is 0 Å². The lowest BCUT2D eigenvalue weighted by molar-refractivity contribution is -0.317. The zero-order valence-corrected chi connectivity index (χ0v) is 31.4. The lowest BCUT2D eigenvalue weighted by atomic mass is 9.47. The van der Waals surface area contributed by atoms with E-state index in [0.717, 1.165) is 54.8 Å². The fraction of sp³-hybridized carbons (Fsp3) is 0.925.